The zero-order valence-corrected chi connectivity index (χ0v) is 11.5. The lowest BCUT2D eigenvalue weighted by Gasteiger charge is -2.24. The number of hydrogen-bond acceptors (Lipinski definition) is 6. The van der Waals surface area contributed by atoms with Crippen molar-refractivity contribution >= 4 is 16.0 Å². The summed E-state index contributed by atoms with van der Waals surface area (Å²) in [4.78, 5) is 11.6. The van der Waals surface area contributed by atoms with Gasteiger partial charge in [-0.05, 0) is 12.8 Å². The molecule has 8 heteroatoms. The Morgan fingerprint density at radius 2 is 1.79 bits per heavy atom. The summed E-state index contributed by atoms with van der Waals surface area (Å²) in [5.74, 6) is -1.16. The van der Waals surface area contributed by atoms with Gasteiger partial charge in [0.1, 0.15) is 0 Å². The second-order valence-corrected chi connectivity index (χ2v) is 7.25. The minimum atomic E-state index is -3.70. The van der Waals surface area contributed by atoms with Crippen molar-refractivity contribution in [3.63, 3.8) is 0 Å². The van der Waals surface area contributed by atoms with Crippen LogP contribution in [-0.4, -0.2) is 66.6 Å². The van der Waals surface area contributed by atoms with Crippen molar-refractivity contribution in [2.75, 3.05) is 20.2 Å². The van der Waals surface area contributed by atoms with Crippen LogP contribution in [0, 0.1) is 5.92 Å². The standard InChI is InChI=1S/C11H19NO6S/c1-18-11(15)7-3-2-4-10(7)19(16,17)12-5-8(13)9(14)6-12/h7-10,13-14H,2-6H2,1H3. The lowest BCUT2D eigenvalue weighted by Crippen LogP contribution is -2.42. The second-order valence-electron chi connectivity index (χ2n) is 5.10. The lowest BCUT2D eigenvalue weighted by atomic mass is 10.1. The molecule has 0 aromatic rings. The second kappa shape index (κ2) is 5.35. The molecule has 4 atom stereocenters. The van der Waals surface area contributed by atoms with Crippen LogP contribution < -0.4 is 0 Å². The number of esters is 1. The molecule has 1 aliphatic heterocycles. The molecule has 1 saturated heterocycles. The molecule has 19 heavy (non-hydrogen) atoms. The number of ether oxygens (including phenoxy) is 1. The van der Waals surface area contributed by atoms with Crippen LogP contribution in [0.1, 0.15) is 19.3 Å². The third kappa shape index (κ3) is 2.62. The molecule has 2 N–H and O–H groups in total. The third-order valence-corrected chi connectivity index (χ3v) is 6.27. The largest absolute Gasteiger partial charge is 0.469 e. The molecule has 0 spiro atoms. The normalized spacial score (nSPS) is 36.6. The van der Waals surface area contributed by atoms with Gasteiger partial charge in [0.2, 0.25) is 10.0 Å². The van der Waals surface area contributed by atoms with Crippen molar-refractivity contribution in [2.45, 2.75) is 36.7 Å². The maximum absolute atomic E-state index is 12.5. The number of nitrogens with zero attached hydrogens (tertiary/aromatic N) is 1. The average molecular weight is 293 g/mol. The van der Waals surface area contributed by atoms with Crippen molar-refractivity contribution < 1.29 is 28.2 Å². The molecule has 0 amide bonds. The van der Waals surface area contributed by atoms with E-state index in [0.717, 1.165) is 4.31 Å². The van der Waals surface area contributed by atoms with E-state index in [0.29, 0.717) is 19.3 Å². The van der Waals surface area contributed by atoms with Gasteiger partial charge in [-0.15, -0.1) is 0 Å². The lowest BCUT2D eigenvalue weighted by molar-refractivity contribution is -0.145. The van der Waals surface area contributed by atoms with E-state index < -0.39 is 39.4 Å². The molecular formula is C11H19NO6S. The molecule has 110 valence electrons. The number of aliphatic hydroxyl groups is 2. The molecule has 0 aromatic carbocycles. The first kappa shape index (κ1) is 14.7. The molecule has 0 bridgehead atoms. The molecule has 2 aliphatic rings. The van der Waals surface area contributed by atoms with E-state index in [-0.39, 0.29) is 13.1 Å². The van der Waals surface area contributed by atoms with Gasteiger partial charge in [0.15, 0.2) is 0 Å². The van der Waals surface area contributed by atoms with Crippen LogP contribution >= 0.6 is 0 Å². The fourth-order valence-electron chi connectivity index (χ4n) is 2.84. The van der Waals surface area contributed by atoms with Gasteiger partial charge in [0.25, 0.3) is 0 Å². The molecule has 2 fully saturated rings. The SMILES string of the molecule is COC(=O)C1CCCC1S(=O)(=O)N1CC(O)C(O)C1. The number of methoxy groups -OCH3 is 1. The van der Waals surface area contributed by atoms with E-state index in [1.165, 1.54) is 7.11 Å². The molecule has 2 rings (SSSR count). The number of carbonyl (C=O) groups is 1. The first-order valence-corrected chi connectivity index (χ1v) is 7.81. The molecule has 7 nitrogen and oxygen atoms in total. The van der Waals surface area contributed by atoms with Gasteiger partial charge in [-0.1, -0.05) is 6.42 Å². The van der Waals surface area contributed by atoms with E-state index in [4.69, 9.17) is 0 Å². The Morgan fingerprint density at radius 3 is 2.32 bits per heavy atom. The highest BCUT2D eigenvalue weighted by atomic mass is 32.2. The molecule has 0 aromatic heterocycles. The number of sulfonamides is 1. The highest BCUT2D eigenvalue weighted by molar-refractivity contribution is 7.89. The summed E-state index contributed by atoms with van der Waals surface area (Å²) in [6.45, 7) is -0.234. The van der Waals surface area contributed by atoms with E-state index in [1.807, 2.05) is 0 Å². The predicted molar refractivity (Wildman–Crippen MR) is 65.7 cm³/mol. The minimum Gasteiger partial charge on any atom is -0.469 e. The van der Waals surface area contributed by atoms with Gasteiger partial charge in [0, 0.05) is 13.1 Å². The zero-order chi connectivity index (χ0) is 14.2. The van der Waals surface area contributed by atoms with E-state index in [2.05, 4.69) is 4.74 Å². The summed E-state index contributed by atoms with van der Waals surface area (Å²) in [5.41, 5.74) is 0. The topological polar surface area (TPSA) is 104 Å². The maximum atomic E-state index is 12.5. The van der Waals surface area contributed by atoms with Crippen molar-refractivity contribution in [1.82, 2.24) is 4.31 Å². The first-order valence-electron chi connectivity index (χ1n) is 6.31. The monoisotopic (exact) mass is 293 g/mol. The highest BCUT2D eigenvalue weighted by Gasteiger charge is 2.47. The van der Waals surface area contributed by atoms with Crippen LogP contribution in [0.15, 0.2) is 0 Å². The number of carbonyl (C=O) groups excluding carboxylic acids is 1. The van der Waals surface area contributed by atoms with Gasteiger partial charge in [-0.3, -0.25) is 4.79 Å². The number of rotatable bonds is 3. The van der Waals surface area contributed by atoms with Crippen LogP contribution in [0.3, 0.4) is 0 Å². The van der Waals surface area contributed by atoms with Crippen LogP contribution in [0.5, 0.6) is 0 Å². The van der Waals surface area contributed by atoms with Gasteiger partial charge in [-0.25, -0.2) is 8.42 Å². The minimum absolute atomic E-state index is 0.117. The van der Waals surface area contributed by atoms with Gasteiger partial charge < -0.3 is 14.9 Å². The van der Waals surface area contributed by atoms with E-state index in [9.17, 15) is 23.4 Å². The van der Waals surface area contributed by atoms with Crippen molar-refractivity contribution in [2.24, 2.45) is 5.92 Å². The molecule has 1 saturated carbocycles. The Morgan fingerprint density at radius 1 is 1.21 bits per heavy atom. The summed E-state index contributed by atoms with van der Waals surface area (Å²) in [6, 6.07) is 0. The fraction of sp³-hybridized carbons (Fsp3) is 0.909. The Bertz CT molecular complexity index is 440. The Labute approximate surface area is 112 Å². The fourth-order valence-corrected chi connectivity index (χ4v) is 5.07. The number of hydrogen-bond donors (Lipinski definition) is 2. The summed E-state index contributed by atoms with van der Waals surface area (Å²) < 4.78 is 30.6. The van der Waals surface area contributed by atoms with Gasteiger partial charge in [-0.2, -0.15) is 4.31 Å². The molecule has 4 unspecified atom stereocenters. The van der Waals surface area contributed by atoms with Crippen molar-refractivity contribution in [1.29, 1.82) is 0 Å². The van der Waals surface area contributed by atoms with Crippen LogP contribution in [0.25, 0.3) is 0 Å². The predicted octanol–water partition coefficient (Wildman–Crippen LogP) is -1.30. The summed E-state index contributed by atoms with van der Waals surface area (Å²) in [6.07, 6.45) is -0.566. The van der Waals surface area contributed by atoms with Crippen molar-refractivity contribution in [3.05, 3.63) is 0 Å². The Balaban J connectivity index is 2.18. The van der Waals surface area contributed by atoms with Gasteiger partial charge in [0.05, 0.1) is 30.5 Å². The Kier molecular flexibility index (Phi) is 4.14. The van der Waals surface area contributed by atoms with Crippen LogP contribution in [-0.2, 0) is 19.6 Å². The molecule has 1 heterocycles. The molecular weight excluding hydrogens is 274 g/mol. The third-order valence-electron chi connectivity index (χ3n) is 3.92. The molecule has 0 radical (unpaired) electrons. The summed E-state index contributed by atoms with van der Waals surface area (Å²) >= 11 is 0. The maximum Gasteiger partial charge on any atom is 0.310 e. The number of aliphatic hydroxyl groups excluding tert-OH is 2. The smallest absolute Gasteiger partial charge is 0.310 e. The summed E-state index contributed by atoms with van der Waals surface area (Å²) in [5, 5.41) is 18.1. The number of β-amino-alcohol motifs (C(OH)–C–C–N with tert-alkyl or cyclic N) is 2. The zero-order valence-electron chi connectivity index (χ0n) is 10.7. The van der Waals surface area contributed by atoms with E-state index >= 15 is 0 Å². The van der Waals surface area contributed by atoms with Crippen LogP contribution in [0.4, 0.5) is 0 Å². The van der Waals surface area contributed by atoms with Crippen molar-refractivity contribution in [3.8, 4) is 0 Å². The van der Waals surface area contributed by atoms with Crippen LogP contribution in [0.2, 0.25) is 0 Å². The van der Waals surface area contributed by atoms with E-state index in [1.54, 1.807) is 0 Å². The average Bonchev–Trinajstić information content (AvgIpc) is 2.97. The summed E-state index contributed by atoms with van der Waals surface area (Å²) in [7, 11) is -2.45. The highest BCUT2D eigenvalue weighted by Crippen LogP contribution is 2.34. The van der Waals surface area contributed by atoms with Gasteiger partial charge >= 0.3 is 5.97 Å². The molecule has 1 aliphatic carbocycles. The quantitative estimate of drug-likeness (QED) is 0.627. The first-order chi connectivity index (χ1) is 8.87. The Hall–Kier alpha value is -0.700.